The lowest BCUT2D eigenvalue weighted by Crippen LogP contribution is -2.36. The van der Waals surface area contributed by atoms with Crippen LogP contribution in [0.1, 0.15) is 5.56 Å². The van der Waals surface area contributed by atoms with Crippen molar-refractivity contribution in [2.24, 2.45) is 5.92 Å². The van der Waals surface area contributed by atoms with Crippen LogP contribution >= 0.6 is 0 Å². The zero-order valence-corrected chi connectivity index (χ0v) is 13.0. The molecular weight excluding hydrogens is 290 g/mol. The Hall–Kier alpha value is -1.02. The van der Waals surface area contributed by atoms with Crippen molar-refractivity contribution in [3.05, 3.63) is 30.1 Å². The third-order valence-electron chi connectivity index (χ3n) is 4.19. The summed E-state index contributed by atoms with van der Waals surface area (Å²) in [5.74, 6) is 0.254. The molecule has 2 atom stereocenters. The zero-order valence-electron chi connectivity index (χ0n) is 12.2. The summed E-state index contributed by atoms with van der Waals surface area (Å²) in [5, 5.41) is 0. The molecule has 0 radical (unpaired) electrons. The second kappa shape index (κ2) is 6.00. The summed E-state index contributed by atoms with van der Waals surface area (Å²) >= 11 is 0. The van der Waals surface area contributed by atoms with Crippen LogP contribution in [-0.2, 0) is 21.3 Å². The summed E-state index contributed by atoms with van der Waals surface area (Å²) in [6.07, 6.45) is 5.01. The number of hydrogen-bond acceptors (Lipinski definition) is 5. The molecule has 0 saturated carbocycles. The normalized spacial score (nSPS) is 28.2. The molecule has 3 heterocycles. The van der Waals surface area contributed by atoms with Crippen LogP contribution in [0.25, 0.3) is 0 Å². The fraction of sp³-hybridized carbons (Fsp3) is 0.643. The third-order valence-corrected chi connectivity index (χ3v) is 5.46. The van der Waals surface area contributed by atoms with Gasteiger partial charge in [-0.1, -0.05) is 0 Å². The second-order valence-electron chi connectivity index (χ2n) is 5.84. The van der Waals surface area contributed by atoms with Crippen molar-refractivity contribution in [2.75, 3.05) is 39.0 Å². The minimum Gasteiger partial charge on any atom is -0.375 e. The van der Waals surface area contributed by atoms with Crippen molar-refractivity contribution >= 4 is 10.0 Å². The zero-order chi connectivity index (χ0) is 14.9. The molecule has 3 rings (SSSR count). The molecule has 0 N–H and O–H groups in total. The molecule has 116 valence electrons. The number of rotatable bonds is 3. The number of likely N-dealkylation sites (tertiary alicyclic amines) is 1. The molecule has 6 nitrogen and oxygen atoms in total. The van der Waals surface area contributed by atoms with E-state index in [1.165, 1.54) is 11.8 Å². The largest absolute Gasteiger partial charge is 0.375 e. The quantitative estimate of drug-likeness (QED) is 0.796. The van der Waals surface area contributed by atoms with Crippen molar-refractivity contribution in [3.63, 3.8) is 0 Å². The minimum atomic E-state index is -3.14. The minimum absolute atomic E-state index is 0.138. The highest BCUT2D eigenvalue weighted by Crippen LogP contribution is 2.25. The van der Waals surface area contributed by atoms with Crippen molar-refractivity contribution in [2.45, 2.75) is 12.6 Å². The number of ether oxygens (including phenoxy) is 1. The van der Waals surface area contributed by atoms with E-state index in [0.29, 0.717) is 19.7 Å². The summed E-state index contributed by atoms with van der Waals surface area (Å²) < 4.78 is 30.9. The van der Waals surface area contributed by atoms with Crippen LogP contribution in [0.3, 0.4) is 0 Å². The summed E-state index contributed by atoms with van der Waals surface area (Å²) in [7, 11) is -3.14. The molecule has 1 aromatic rings. The maximum Gasteiger partial charge on any atom is 0.211 e. The monoisotopic (exact) mass is 311 g/mol. The highest BCUT2D eigenvalue weighted by atomic mass is 32.2. The van der Waals surface area contributed by atoms with Gasteiger partial charge in [0.25, 0.3) is 0 Å². The highest BCUT2D eigenvalue weighted by molar-refractivity contribution is 7.88. The van der Waals surface area contributed by atoms with Crippen molar-refractivity contribution in [3.8, 4) is 0 Å². The van der Waals surface area contributed by atoms with Gasteiger partial charge >= 0.3 is 0 Å². The summed E-state index contributed by atoms with van der Waals surface area (Å²) in [6, 6.07) is 4.02. The molecule has 0 aliphatic carbocycles. The smallest absolute Gasteiger partial charge is 0.211 e. The van der Waals surface area contributed by atoms with Crippen molar-refractivity contribution in [1.82, 2.24) is 14.2 Å². The lowest BCUT2D eigenvalue weighted by atomic mass is 10.1. The Labute approximate surface area is 125 Å². The van der Waals surface area contributed by atoms with Gasteiger partial charge in [0, 0.05) is 51.0 Å². The van der Waals surface area contributed by atoms with Crippen LogP contribution < -0.4 is 0 Å². The van der Waals surface area contributed by atoms with E-state index in [-0.39, 0.29) is 12.0 Å². The third kappa shape index (κ3) is 3.60. The maximum absolute atomic E-state index is 11.8. The van der Waals surface area contributed by atoms with Gasteiger partial charge in [0.05, 0.1) is 19.0 Å². The van der Waals surface area contributed by atoms with E-state index < -0.39 is 10.0 Å². The molecule has 0 unspecified atom stereocenters. The fourth-order valence-electron chi connectivity index (χ4n) is 3.13. The Morgan fingerprint density at radius 3 is 2.76 bits per heavy atom. The van der Waals surface area contributed by atoms with E-state index in [1.54, 1.807) is 16.7 Å². The van der Waals surface area contributed by atoms with E-state index in [4.69, 9.17) is 4.74 Å². The topological polar surface area (TPSA) is 62.7 Å². The molecule has 2 fully saturated rings. The molecule has 0 spiro atoms. The standard InChI is InChI=1S/C14H21N3O3S/c1-21(18,19)17-6-7-20-14-11-16(9-13(14)10-17)8-12-2-4-15-5-3-12/h2-5,13-14H,6-11H2,1H3/t13-,14-/m0/s1. The lowest BCUT2D eigenvalue weighted by molar-refractivity contribution is 0.0518. The molecule has 2 aliphatic rings. The molecule has 2 aliphatic heterocycles. The van der Waals surface area contributed by atoms with Gasteiger partial charge in [0.2, 0.25) is 10.0 Å². The Balaban J connectivity index is 1.65. The molecule has 7 heteroatoms. The molecule has 21 heavy (non-hydrogen) atoms. The molecule has 0 bridgehead atoms. The summed E-state index contributed by atoms with van der Waals surface area (Å²) in [5.41, 5.74) is 1.22. The van der Waals surface area contributed by atoms with Gasteiger partial charge < -0.3 is 4.74 Å². The molecule has 0 aromatic carbocycles. The highest BCUT2D eigenvalue weighted by Gasteiger charge is 2.38. The van der Waals surface area contributed by atoms with E-state index in [9.17, 15) is 8.42 Å². The Kier molecular flexibility index (Phi) is 4.26. The first-order valence-corrected chi connectivity index (χ1v) is 9.05. The number of pyridine rings is 1. The van der Waals surface area contributed by atoms with E-state index in [2.05, 4.69) is 9.88 Å². The van der Waals surface area contributed by atoms with Crippen LogP contribution in [0.4, 0.5) is 0 Å². The molecule has 0 amide bonds. The predicted octanol–water partition coefficient (Wildman–Crippen LogP) is 0.174. The lowest BCUT2D eigenvalue weighted by Gasteiger charge is -2.21. The van der Waals surface area contributed by atoms with Crippen LogP contribution in [0.5, 0.6) is 0 Å². The van der Waals surface area contributed by atoms with Gasteiger partial charge in [-0.2, -0.15) is 4.31 Å². The number of fused-ring (bicyclic) bond motifs is 1. The van der Waals surface area contributed by atoms with Gasteiger partial charge in [-0.25, -0.2) is 8.42 Å². The average molecular weight is 311 g/mol. The van der Waals surface area contributed by atoms with Crippen LogP contribution in [-0.4, -0.2) is 67.8 Å². The Morgan fingerprint density at radius 2 is 2.05 bits per heavy atom. The maximum atomic E-state index is 11.8. The van der Waals surface area contributed by atoms with E-state index in [1.807, 2.05) is 12.1 Å². The fourth-order valence-corrected chi connectivity index (χ4v) is 4.00. The average Bonchev–Trinajstić information content (AvgIpc) is 2.68. The van der Waals surface area contributed by atoms with Crippen molar-refractivity contribution in [1.29, 1.82) is 0 Å². The Bertz CT molecular complexity index is 578. The number of nitrogens with zero attached hydrogens (tertiary/aromatic N) is 3. The van der Waals surface area contributed by atoms with E-state index in [0.717, 1.165) is 19.6 Å². The van der Waals surface area contributed by atoms with E-state index >= 15 is 0 Å². The first-order chi connectivity index (χ1) is 10.0. The number of sulfonamides is 1. The van der Waals surface area contributed by atoms with Gasteiger partial charge in [0.15, 0.2) is 0 Å². The summed E-state index contributed by atoms with van der Waals surface area (Å²) in [4.78, 5) is 6.35. The van der Waals surface area contributed by atoms with Gasteiger partial charge in [-0.3, -0.25) is 9.88 Å². The first-order valence-electron chi connectivity index (χ1n) is 7.20. The Morgan fingerprint density at radius 1 is 1.29 bits per heavy atom. The van der Waals surface area contributed by atoms with Crippen LogP contribution in [0.15, 0.2) is 24.5 Å². The molecule has 1 aromatic heterocycles. The SMILES string of the molecule is CS(=O)(=O)N1CCO[C@H]2CN(Cc3ccncc3)C[C@H]2C1. The molecule has 2 saturated heterocycles. The number of aromatic nitrogens is 1. The van der Waals surface area contributed by atoms with Crippen LogP contribution in [0, 0.1) is 5.92 Å². The van der Waals surface area contributed by atoms with Crippen LogP contribution in [0.2, 0.25) is 0 Å². The second-order valence-corrected chi connectivity index (χ2v) is 7.82. The molecular formula is C14H21N3O3S. The summed E-state index contributed by atoms with van der Waals surface area (Å²) in [6.45, 7) is 4.12. The van der Waals surface area contributed by atoms with Gasteiger partial charge in [0.1, 0.15) is 0 Å². The number of hydrogen-bond donors (Lipinski definition) is 0. The van der Waals surface area contributed by atoms with Gasteiger partial charge in [-0.05, 0) is 17.7 Å². The van der Waals surface area contributed by atoms with Crippen molar-refractivity contribution < 1.29 is 13.2 Å². The van der Waals surface area contributed by atoms with Gasteiger partial charge in [-0.15, -0.1) is 0 Å². The first kappa shape index (κ1) is 14.9. The predicted molar refractivity (Wildman–Crippen MR) is 79.2 cm³/mol.